The Bertz CT molecular complexity index is 275. The quantitative estimate of drug-likeness (QED) is 0.754. The Hall–Kier alpha value is -0.570. The third-order valence-corrected chi connectivity index (χ3v) is 3.89. The number of hydrogen-bond donors (Lipinski definition) is 1. The first-order valence-electron chi connectivity index (χ1n) is 5.53. The van der Waals surface area contributed by atoms with Crippen molar-refractivity contribution in [1.82, 2.24) is 4.98 Å². The van der Waals surface area contributed by atoms with Crippen molar-refractivity contribution in [3.05, 3.63) is 11.1 Å². The molecule has 0 radical (unpaired) electrons. The van der Waals surface area contributed by atoms with E-state index >= 15 is 0 Å². The molecule has 0 aliphatic heterocycles. The molecular formula is C11H18N2S. The van der Waals surface area contributed by atoms with Crippen LogP contribution in [-0.4, -0.2) is 12.0 Å². The lowest BCUT2D eigenvalue weighted by molar-refractivity contribution is 0.581. The monoisotopic (exact) mass is 210 g/mol. The first kappa shape index (κ1) is 9.97. The van der Waals surface area contributed by atoms with Gasteiger partial charge in [0.15, 0.2) is 5.13 Å². The van der Waals surface area contributed by atoms with Gasteiger partial charge >= 0.3 is 0 Å². The van der Waals surface area contributed by atoms with Crippen molar-refractivity contribution in [2.45, 2.75) is 44.4 Å². The topological polar surface area (TPSA) is 24.9 Å². The van der Waals surface area contributed by atoms with Crippen LogP contribution >= 0.6 is 11.3 Å². The van der Waals surface area contributed by atoms with Gasteiger partial charge in [0, 0.05) is 18.3 Å². The van der Waals surface area contributed by atoms with Crippen molar-refractivity contribution < 1.29 is 0 Å². The highest BCUT2D eigenvalue weighted by Gasteiger charge is 2.16. The summed E-state index contributed by atoms with van der Waals surface area (Å²) in [6.45, 7) is 0. The van der Waals surface area contributed by atoms with Crippen LogP contribution in [0.5, 0.6) is 0 Å². The average molecular weight is 210 g/mol. The van der Waals surface area contributed by atoms with Crippen molar-refractivity contribution in [3.8, 4) is 0 Å². The first-order chi connectivity index (χ1) is 6.90. The zero-order valence-corrected chi connectivity index (χ0v) is 9.57. The number of aromatic nitrogens is 1. The fourth-order valence-corrected chi connectivity index (χ4v) is 2.92. The van der Waals surface area contributed by atoms with Crippen LogP contribution in [-0.2, 0) is 0 Å². The molecule has 1 aromatic rings. The third-order valence-electron chi connectivity index (χ3n) is 3.01. The number of anilines is 1. The summed E-state index contributed by atoms with van der Waals surface area (Å²) in [5.74, 6) is 0.732. The Morgan fingerprint density at radius 2 is 2.00 bits per heavy atom. The Labute approximate surface area is 89.8 Å². The van der Waals surface area contributed by atoms with Gasteiger partial charge in [-0.25, -0.2) is 4.98 Å². The van der Waals surface area contributed by atoms with Crippen LogP contribution in [0.25, 0.3) is 0 Å². The van der Waals surface area contributed by atoms with Crippen LogP contribution in [0.1, 0.15) is 50.1 Å². The maximum absolute atomic E-state index is 4.60. The van der Waals surface area contributed by atoms with E-state index in [2.05, 4.69) is 15.7 Å². The van der Waals surface area contributed by atoms with Gasteiger partial charge in [-0.15, -0.1) is 11.3 Å². The van der Waals surface area contributed by atoms with E-state index in [1.807, 2.05) is 7.05 Å². The van der Waals surface area contributed by atoms with Crippen molar-refractivity contribution in [1.29, 1.82) is 0 Å². The highest BCUT2D eigenvalue weighted by atomic mass is 32.1. The smallest absolute Gasteiger partial charge is 0.182 e. The highest BCUT2D eigenvalue weighted by Crippen LogP contribution is 2.32. The summed E-state index contributed by atoms with van der Waals surface area (Å²) < 4.78 is 0. The van der Waals surface area contributed by atoms with E-state index in [0.717, 1.165) is 11.0 Å². The Kier molecular flexibility index (Phi) is 3.40. The Morgan fingerprint density at radius 3 is 2.57 bits per heavy atom. The number of rotatable bonds is 2. The second kappa shape index (κ2) is 4.78. The molecule has 1 aromatic heterocycles. The summed E-state index contributed by atoms with van der Waals surface area (Å²) in [5.41, 5.74) is 1.32. The van der Waals surface area contributed by atoms with Gasteiger partial charge in [-0.1, -0.05) is 25.7 Å². The Balaban J connectivity index is 2.04. The second-order valence-electron chi connectivity index (χ2n) is 4.02. The standard InChI is InChI=1S/C11H18N2S/c1-12-11-13-10(8-14-11)9-6-4-2-3-5-7-9/h8-9H,2-7H2,1H3,(H,12,13). The molecule has 1 heterocycles. The highest BCUT2D eigenvalue weighted by molar-refractivity contribution is 7.13. The maximum atomic E-state index is 4.60. The van der Waals surface area contributed by atoms with Crippen molar-refractivity contribution in [3.63, 3.8) is 0 Å². The molecule has 0 spiro atoms. The summed E-state index contributed by atoms with van der Waals surface area (Å²) in [6.07, 6.45) is 8.28. The summed E-state index contributed by atoms with van der Waals surface area (Å²) in [5, 5.41) is 6.39. The summed E-state index contributed by atoms with van der Waals surface area (Å²) in [4.78, 5) is 4.60. The minimum atomic E-state index is 0.732. The molecule has 14 heavy (non-hydrogen) atoms. The molecule has 0 unspecified atom stereocenters. The molecule has 0 atom stereocenters. The van der Waals surface area contributed by atoms with Gasteiger partial charge in [0.2, 0.25) is 0 Å². The SMILES string of the molecule is CNc1nc(C2CCCCCC2)cs1. The van der Waals surface area contributed by atoms with E-state index in [1.165, 1.54) is 44.2 Å². The number of hydrogen-bond acceptors (Lipinski definition) is 3. The number of nitrogens with zero attached hydrogens (tertiary/aromatic N) is 1. The van der Waals surface area contributed by atoms with Crippen LogP contribution in [0.3, 0.4) is 0 Å². The van der Waals surface area contributed by atoms with E-state index in [0.29, 0.717) is 0 Å². The van der Waals surface area contributed by atoms with Crippen LogP contribution in [0.15, 0.2) is 5.38 Å². The van der Waals surface area contributed by atoms with Gasteiger partial charge in [-0.2, -0.15) is 0 Å². The van der Waals surface area contributed by atoms with E-state index in [9.17, 15) is 0 Å². The Morgan fingerprint density at radius 1 is 1.29 bits per heavy atom. The number of thiazole rings is 1. The van der Waals surface area contributed by atoms with Gasteiger partial charge in [0.1, 0.15) is 0 Å². The molecule has 0 aromatic carbocycles. The van der Waals surface area contributed by atoms with Crippen molar-refractivity contribution in [2.75, 3.05) is 12.4 Å². The summed E-state index contributed by atoms with van der Waals surface area (Å²) in [7, 11) is 1.94. The zero-order valence-electron chi connectivity index (χ0n) is 8.75. The zero-order chi connectivity index (χ0) is 9.80. The third kappa shape index (κ3) is 2.27. The van der Waals surface area contributed by atoms with E-state index in [4.69, 9.17) is 0 Å². The van der Waals surface area contributed by atoms with E-state index < -0.39 is 0 Å². The molecule has 1 aliphatic carbocycles. The molecule has 2 nitrogen and oxygen atoms in total. The van der Waals surface area contributed by atoms with Gasteiger partial charge in [-0.05, 0) is 12.8 Å². The van der Waals surface area contributed by atoms with E-state index in [-0.39, 0.29) is 0 Å². The van der Waals surface area contributed by atoms with Crippen LogP contribution in [0.2, 0.25) is 0 Å². The van der Waals surface area contributed by atoms with Crippen LogP contribution < -0.4 is 5.32 Å². The number of nitrogens with one attached hydrogen (secondary N) is 1. The lowest BCUT2D eigenvalue weighted by Gasteiger charge is -2.09. The van der Waals surface area contributed by atoms with E-state index in [1.54, 1.807) is 11.3 Å². The molecule has 1 N–H and O–H groups in total. The van der Waals surface area contributed by atoms with Gasteiger partial charge < -0.3 is 5.32 Å². The second-order valence-corrected chi connectivity index (χ2v) is 4.87. The van der Waals surface area contributed by atoms with Gasteiger partial charge in [-0.3, -0.25) is 0 Å². The molecule has 3 heteroatoms. The van der Waals surface area contributed by atoms with Gasteiger partial charge in [0.05, 0.1) is 5.69 Å². The lowest BCUT2D eigenvalue weighted by atomic mass is 9.98. The molecular weight excluding hydrogens is 192 g/mol. The van der Waals surface area contributed by atoms with Crippen LogP contribution in [0, 0.1) is 0 Å². The van der Waals surface area contributed by atoms with Crippen molar-refractivity contribution >= 4 is 16.5 Å². The first-order valence-corrected chi connectivity index (χ1v) is 6.41. The minimum Gasteiger partial charge on any atom is -0.365 e. The van der Waals surface area contributed by atoms with Crippen molar-refractivity contribution in [2.24, 2.45) is 0 Å². The fraction of sp³-hybridized carbons (Fsp3) is 0.727. The molecule has 0 amide bonds. The molecule has 78 valence electrons. The largest absolute Gasteiger partial charge is 0.365 e. The van der Waals surface area contributed by atoms with Gasteiger partial charge in [0.25, 0.3) is 0 Å². The maximum Gasteiger partial charge on any atom is 0.182 e. The lowest BCUT2D eigenvalue weighted by Crippen LogP contribution is -1.98. The molecule has 2 rings (SSSR count). The predicted molar refractivity (Wildman–Crippen MR) is 62.1 cm³/mol. The molecule has 1 aliphatic rings. The summed E-state index contributed by atoms with van der Waals surface area (Å²) >= 11 is 1.73. The van der Waals surface area contributed by atoms with Crippen LogP contribution in [0.4, 0.5) is 5.13 Å². The fourth-order valence-electron chi connectivity index (χ4n) is 2.16. The normalized spacial score (nSPS) is 19.2. The summed E-state index contributed by atoms with van der Waals surface area (Å²) in [6, 6.07) is 0. The molecule has 1 saturated carbocycles. The molecule has 0 bridgehead atoms. The average Bonchev–Trinajstić information content (AvgIpc) is 2.53. The molecule has 1 fully saturated rings. The minimum absolute atomic E-state index is 0.732. The predicted octanol–water partition coefficient (Wildman–Crippen LogP) is 3.62. The molecule has 0 saturated heterocycles.